The number of nitrogens with zero attached hydrogens (tertiary/aromatic N) is 1. The monoisotopic (exact) mass is 531 g/mol. The van der Waals surface area contributed by atoms with Gasteiger partial charge in [-0.25, -0.2) is 0 Å². The van der Waals surface area contributed by atoms with Crippen molar-refractivity contribution >= 4 is 17.4 Å². The van der Waals surface area contributed by atoms with E-state index >= 15 is 0 Å². The third-order valence-electron chi connectivity index (χ3n) is 6.66. The first kappa shape index (κ1) is 27.7. The summed E-state index contributed by atoms with van der Waals surface area (Å²) < 4.78 is 22.2. The van der Waals surface area contributed by atoms with Gasteiger partial charge in [-0.15, -0.1) is 0 Å². The van der Waals surface area contributed by atoms with Crippen molar-refractivity contribution < 1.29 is 33.6 Å². The maximum atomic E-state index is 13.2. The number of aliphatic hydroxyl groups excluding tert-OH is 1. The number of hydrogen-bond donors (Lipinski definition) is 1. The first-order chi connectivity index (χ1) is 18.9. The zero-order valence-electron chi connectivity index (χ0n) is 22.6. The van der Waals surface area contributed by atoms with E-state index in [-0.39, 0.29) is 24.5 Å². The van der Waals surface area contributed by atoms with Gasteiger partial charge in [-0.1, -0.05) is 30.3 Å². The van der Waals surface area contributed by atoms with Crippen molar-refractivity contribution in [1.82, 2.24) is 4.90 Å². The van der Waals surface area contributed by atoms with Crippen molar-refractivity contribution in [3.63, 3.8) is 0 Å². The molecule has 8 heteroatoms. The molecular formula is C31H33NO7. The minimum absolute atomic E-state index is 0.00380. The van der Waals surface area contributed by atoms with Gasteiger partial charge in [0, 0.05) is 19.2 Å². The second-order valence-electron chi connectivity index (χ2n) is 9.07. The van der Waals surface area contributed by atoms with Crippen LogP contribution in [0.25, 0.3) is 5.76 Å². The van der Waals surface area contributed by atoms with Gasteiger partial charge >= 0.3 is 0 Å². The standard InChI is InChI=1S/C31H33NO7/c1-5-38-25-15-12-22(18-26(25)37-4)28-27(30(34)31(35)32(28)16-17-36-3)29(33)21-10-13-24(14-11-21)39-19-23-9-7-6-8-20(23)2/h6-15,18,28,33H,5,16-17,19H2,1-4H3. The molecule has 3 aromatic rings. The zero-order chi connectivity index (χ0) is 27.9. The molecule has 1 atom stereocenters. The molecule has 3 aromatic carbocycles. The molecule has 39 heavy (non-hydrogen) atoms. The van der Waals surface area contributed by atoms with Crippen LogP contribution in [0.15, 0.2) is 72.3 Å². The van der Waals surface area contributed by atoms with Gasteiger partial charge in [-0.3, -0.25) is 9.59 Å². The fourth-order valence-electron chi connectivity index (χ4n) is 4.57. The number of amides is 1. The van der Waals surface area contributed by atoms with Crippen LogP contribution in [0.2, 0.25) is 0 Å². The minimum atomic E-state index is -0.832. The highest BCUT2D eigenvalue weighted by Crippen LogP contribution is 2.42. The van der Waals surface area contributed by atoms with Crippen molar-refractivity contribution in [3.05, 3.63) is 94.6 Å². The van der Waals surface area contributed by atoms with E-state index < -0.39 is 17.7 Å². The SMILES string of the molecule is CCOc1ccc(C2C(=C(O)c3ccc(OCc4ccccc4C)cc3)C(=O)C(=O)N2CCOC)cc1OC. The Morgan fingerprint density at radius 1 is 0.949 bits per heavy atom. The summed E-state index contributed by atoms with van der Waals surface area (Å²) in [5, 5.41) is 11.3. The van der Waals surface area contributed by atoms with Crippen LogP contribution in [0.4, 0.5) is 0 Å². The number of likely N-dealkylation sites (tertiary alicyclic amines) is 1. The Bertz CT molecular complexity index is 1360. The van der Waals surface area contributed by atoms with Crippen LogP contribution in [-0.2, 0) is 20.9 Å². The molecule has 1 aliphatic rings. The number of hydrogen-bond acceptors (Lipinski definition) is 7. The Balaban J connectivity index is 1.69. The Labute approximate surface area is 228 Å². The third kappa shape index (κ3) is 5.91. The van der Waals surface area contributed by atoms with E-state index in [0.717, 1.165) is 11.1 Å². The van der Waals surface area contributed by atoms with Gasteiger partial charge in [-0.2, -0.15) is 0 Å². The maximum absolute atomic E-state index is 13.2. The predicted molar refractivity (Wildman–Crippen MR) is 147 cm³/mol. The lowest BCUT2D eigenvalue weighted by atomic mass is 9.95. The number of aliphatic hydroxyl groups is 1. The first-order valence-corrected chi connectivity index (χ1v) is 12.7. The van der Waals surface area contributed by atoms with E-state index in [9.17, 15) is 14.7 Å². The van der Waals surface area contributed by atoms with Crippen molar-refractivity contribution in [3.8, 4) is 17.2 Å². The summed E-state index contributed by atoms with van der Waals surface area (Å²) in [5.41, 5.74) is 3.20. The quantitative estimate of drug-likeness (QED) is 0.210. The summed E-state index contributed by atoms with van der Waals surface area (Å²) in [7, 11) is 3.04. The molecular weight excluding hydrogens is 498 g/mol. The first-order valence-electron chi connectivity index (χ1n) is 12.7. The second kappa shape index (κ2) is 12.5. The van der Waals surface area contributed by atoms with Crippen LogP contribution in [0, 0.1) is 6.92 Å². The third-order valence-corrected chi connectivity index (χ3v) is 6.66. The average Bonchev–Trinajstić information content (AvgIpc) is 3.21. The highest BCUT2D eigenvalue weighted by molar-refractivity contribution is 6.46. The van der Waals surface area contributed by atoms with E-state index in [2.05, 4.69) is 0 Å². The minimum Gasteiger partial charge on any atom is -0.507 e. The molecule has 0 aromatic heterocycles. The molecule has 1 saturated heterocycles. The molecule has 1 aliphatic heterocycles. The van der Waals surface area contributed by atoms with Crippen LogP contribution in [0.1, 0.15) is 35.2 Å². The normalized spacial score (nSPS) is 16.4. The Hall–Kier alpha value is -4.30. The number of rotatable bonds is 11. The highest BCUT2D eigenvalue weighted by Gasteiger charge is 2.46. The molecule has 0 radical (unpaired) electrons. The van der Waals surface area contributed by atoms with E-state index in [4.69, 9.17) is 18.9 Å². The van der Waals surface area contributed by atoms with Crippen LogP contribution < -0.4 is 14.2 Å². The fraction of sp³-hybridized carbons (Fsp3) is 0.290. The molecule has 4 rings (SSSR count). The lowest BCUT2D eigenvalue weighted by Gasteiger charge is -2.25. The second-order valence-corrected chi connectivity index (χ2v) is 9.07. The molecule has 0 aliphatic carbocycles. The number of ether oxygens (including phenoxy) is 4. The molecule has 1 N–H and O–H groups in total. The maximum Gasteiger partial charge on any atom is 0.295 e. The summed E-state index contributed by atoms with van der Waals surface area (Å²) in [6.07, 6.45) is 0. The fourth-order valence-corrected chi connectivity index (χ4v) is 4.57. The molecule has 0 bridgehead atoms. The molecule has 1 fully saturated rings. The molecule has 0 saturated carbocycles. The van der Waals surface area contributed by atoms with Crippen molar-refractivity contribution in [1.29, 1.82) is 0 Å². The van der Waals surface area contributed by atoms with Crippen LogP contribution >= 0.6 is 0 Å². The number of methoxy groups -OCH3 is 2. The van der Waals surface area contributed by atoms with Gasteiger partial charge in [0.05, 0.1) is 31.9 Å². The smallest absolute Gasteiger partial charge is 0.295 e. The summed E-state index contributed by atoms with van der Waals surface area (Å²) in [4.78, 5) is 27.7. The summed E-state index contributed by atoms with van der Waals surface area (Å²) >= 11 is 0. The zero-order valence-corrected chi connectivity index (χ0v) is 22.6. The number of ketones is 1. The average molecular weight is 532 g/mol. The molecule has 204 valence electrons. The molecule has 0 spiro atoms. The van der Waals surface area contributed by atoms with E-state index in [1.54, 1.807) is 42.5 Å². The Kier molecular flexibility index (Phi) is 8.88. The lowest BCUT2D eigenvalue weighted by molar-refractivity contribution is -0.140. The van der Waals surface area contributed by atoms with Gasteiger partial charge < -0.3 is 29.0 Å². The molecule has 1 amide bonds. The predicted octanol–water partition coefficient (Wildman–Crippen LogP) is 5.05. The summed E-state index contributed by atoms with van der Waals surface area (Å²) in [5.74, 6) is -0.119. The van der Waals surface area contributed by atoms with Crippen molar-refractivity contribution in [2.75, 3.05) is 34.0 Å². The molecule has 8 nitrogen and oxygen atoms in total. The van der Waals surface area contributed by atoms with Crippen molar-refractivity contribution in [2.24, 2.45) is 0 Å². The van der Waals surface area contributed by atoms with Gasteiger partial charge in [-0.05, 0) is 66.9 Å². The van der Waals surface area contributed by atoms with Crippen LogP contribution in [0.5, 0.6) is 17.2 Å². The van der Waals surface area contributed by atoms with Gasteiger partial charge in [0.25, 0.3) is 11.7 Å². The Morgan fingerprint density at radius 3 is 2.36 bits per heavy atom. The van der Waals surface area contributed by atoms with E-state index in [1.807, 2.05) is 38.1 Å². The van der Waals surface area contributed by atoms with Crippen LogP contribution in [-0.4, -0.2) is 55.7 Å². The summed E-state index contributed by atoms with van der Waals surface area (Å²) in [6.45, 7) is 5.15. The number of Topliss-reactive ketones (excluding diaryl/α,β-unsaturated/α-hetero) is 1. The van der Waals surface area contributed by atoms with E-state index in [0.29, 0.717) is 41.6 Å². The van der Waals surface area contributed by atoms with Gasteiger partial charge in [0.2, 0.25) is 0 Å². The number of carbonyl (C=O) groups excluding carboxylic acids is 2. The van der Waals surface area contributed by atoms with Gasteiger partial charge in [0.1, 0.15) is 18.1 Å². The van der Waals surface area contributed by atoms with Crippen LogP contribution in [0.3, 0.4) is 0 Å². The highest BCUT2D eigenvalue weighted by atomic mass is 16.5. The number of benzene rings is 3. The number of carbonyl (C=O) groups is 2. The lowest BCUT2D eigenvalue weighted by Crippen LogP contribution is -2.32. The topological polar surface area (TPSA) is 94.5 Å². The van der Waals surface area contributed by atoms with Crippen molar-refractivity contribution in [2.45, 2.75) is 26.5 Å². The Morgan fingerprint density at radius 2 is 1.69 bits per heavy atom. The number of aryl methyl sites for hydroxylation is 1. The largest absolute Gasteiger partial charge is 0.507 e. The molecule has 1 heterocycles. The summed E-state index contributed by atoms with van der Waals surface area (Å²) in [6, 6.07) is 19.1. The molecule has 1 unspecified atom stereocenters. The van der Waals surface area contributed by atoms with Gasteiger partial charge in [0.15, 0.2) is 11.5 Å². The van der Waals surface area contributed by atoms with E-state index in [1.165, 1.54) is 19.1 Å².